The SMILES string of the molecule is CC(F)F.O=C(O)OCF. The molecular formula is C4H7F3O3. The highest BCUT2D eigenvalue weighted by molar-refractivity contribution is 5.56. The third-order valence-electron chi connectivity index (χ3n) is 0.178. The van der Waals surface area contributed by atoms with E-state index in [4.69, 9.17) is 9.90 Å². The maximum absolute atomic E-state index is 10.6. The van der Waals surface area contributed by atoms with E-state index >= 15 is 0 Å². The molecule has 0 saturated heterocycles. The van der Waals surface area contributed by atoms with Crippen LogP contribution in [0, 0.1) is 0 Å². The van der Waals surface area contributed by atoms with Crippen LogP contribution in [0.4, 0.5) is 18.0 Å². The topological polar surface area (TPSA) is 46.5 Å². The molecule has 0 atom stereocenters. The Bertz CT molecular complexity index is 83.1. The van der Waals surface area contributed by atoms with Crippen LogP contribution in [0.2, 0.25) is 0 Å². The summed E-state index contributed by atoms with van der Waals surface area (Å²) in [5.74, 6) is 0. The highest BCUT2D eigenvalue weighted by atomic mass is 19.3. The smallest absolute Gasteiger partial charge is 0.450 e. The Labute approximate surface area is 55.4 Å². The molecule has 3 nitrogen and oxygen atoms in total. The van der Waals surface area contributed by atoms with Crippen LogP contribution in [0.15, 0.2) is 0 Å². The molecule has 1 N–H and O–H groups in total. The van der Waals surface area contributed by atoms with Gasteiger partial charge in [-0.05, 0) is 6.92 Å². The van der Waals surface area contributed by atoms with Crippen LogP contribution in [0.5, 0.6) is 0 Å². The summed E-state index contributed by atoms with van der Waals surface area (Å²) in [6, 6.07) is 0. The van der Waals surface area contributed by atoms with Crippen molar-refractivity contribution in [1.29, 1.82) is 0 Å². The molecule has 0 heterocycles. The van der Waals surface area contributed by atoms with E-state index in [1.807, 2.05) is 0 Å². The maximum atomic E-state index is 10.6. The summed E-state index contributed by atoms with van der Waals surface area (Å²) in [5, 5.41) is 7.45. The molecule has 0 bridgehead atoms. The first kappa shape index (κ1) is 11.8. The third-order valence-corrected chi connectivity index (χ3v) is 0.178. The van der Waals surface area contributed by atoms with Gasteiger partial charge in [0.2, 0.25) is 13.3 Å². The van der Waals surface area contributed by atoms with Gasteiger partial charge in [0.05, 0.1) is 0 Å². The van der Waals surface area contributed by atoms with Crippen LogP contribution >= 0.6 is 0 Å². The van der Waals surface area contributed by atoms with Gasteiger partial charge in [0.25, 0.3) is 0 Å². The van der Waals surface area contributed by atoms with E-state index in [1.165, 1.54) is 0 Å². The van der Waals surface area contributed by atoms with Gasteiger partial charge in [-0.2, -0.15) is 0 Å². The quantitative estimate of drug-likeness (QED) is 0.595. The lowest BCUT2D eigenvalue weighted by Gasteiger charge is -1.84. The first-order valence-corrected chi connectivity index (χ1v) is 2.20. The van der Waals surface area contributed by atoms with Crippen molar-refractivity contribution in [1.82, 2.24) is 0 Å². The van der Waals surface area contributed by atoms with E-state index in [2.05, 4.69) is 4.74 Å². The van der Waals surface area contributed by atoms with Crippen LogP contribution < -0.4 is 0 Å². The Hall–Kier alpha value is -0.940. The molecule has 62 valence electrons. The van der Waals surface area contributed by atoms with Gasteiger partial charge in [-0.1, -0.05) is 0 Å². The summed E-state index contributed by atoms with van der Waals surface area (Å²) in [5.41, 5.74) is 0. The number of carboxylic acid groups (broad SMARTS) is 1. The standard InChI is InChI=1S/C2H4F2.C2H3FO3/c1-2(3)4;3-1-6-2(4)5/h2H,1H3;1H2,(H,4,5). The van der Waals surface area contributed by atoms with E-state index in [-0.39, 0.29) is 0 Å². The summed E-state index contributed by atoms with van der Waals surface area (Å²) in [4.78, 5) is 9.14. The molecule has 0 saturated carbocycles. The zero-order chi connectivity index (χ0) is 8.57. The van der Waals surface area contributed by atoms with Gasteiger partial charge in [0.1, 0.15) is 0 Å². The number of ether oxygens (including phenoxy) is 1. The average Bonchev–Trinajstić information content (AvgIpc) is 1.62. The molecule has 0 aromatic heterocycles. The molecule has 0 aromatic rings. The number of alkyl halides is 3. The van der Waals surface area contributed by atoms with Crippen molar-refractivity contribution in [3.63, 3.8) is 0 Å². The lowest BCUT2D eigenvalue weighted by molar-refractivity contribution is 0.0547. The monoisotopic (exact) mass is 160 g/mol. The highest BCUT2D eigenvalue weighted by Gasteiger charge is 1.88. The Balaban J connectivity index is 0. The molecule has 0 aromatic carbocycles. The number of hydrogen-bond acceptors (Lipinski definition) is 2. The van der Waals surface area contributed by atoms with Crippen molar-refractivity contribution in [3.8, 4) is 0 Å². The summed E-state index contributed by atoms with van der Waals surface area (Å²) in [7, 11) is 0. The molecule has 0 spiro atoms. The largest absolute Gasteiger partial charge is 0.508 e. The molecule has 0 unspecified atom stereocenters. The number of hydrogen-bond donors (Lipinski definition) is 1. The van der Waals surface area contributed by atoms with Gasteiger partial charge in [-0.3, -0.25) is 0 Å². The predicted octanol–water partition coefficient (Wildman–Crippen LogP) is 1.88. The minimum absolute atomic E-state index is 0.833. The second-order valence-corrected chi connectivity index (χ2v) is 1.04. The van der Waals surface area contributed by atoms with E-state index in [9.17, 15) is 13.2 Å². The molecule has 0 aliphatic rings. The van der Waals surface area contributed by atoms with Crippen LogP contribution in [-0.4, -0.2) is 24.5 Å². The minimum Gasteiger partial charge on any atom is -0.450 e. The van der Waals surface area contributed by atoms with Gasteiger partial charge < -0.3 is 9.84 Å². The summed E-state index contributed by atoms with van der Waals surface area (Å²) < 4.78 is 34.6. The Kier molecular flexibility index (Phi) is 9.52. The Morgan fingerprint density at radius 2 is 2.00 bits per heavy atom. The lowest BCUT2D eigenvalue weighted by Crippen LogP contribution is -1.96. The van der Waals surface area contributed by atoms with Crippen LogP contribution in [0.3, 0.4) is 0 Å². The molecule has 0 aliphatic carbocycles. The maximum Gasteiger partial charge on any atom is 0.508 e. The number of rotatable bonds is 1. The van der Waals surface area contributed by atoms with Crippen molar-refractivity contribution < 1.29 is 27.8 Å². The van der Waals surface area contributed by atoms with Crippen LogP contribution in [0.1, 0.15) is 6.92 Å². The highest BCUT2D eigenvalue weighted by Crippen LogP contribution is 1.82. The molecule has 0 aliphatic heterocycles. The fourth-order valence-corrected chi connectivity index (χ4v) is 0.0467. The zero-order valence-corrected chi connectivity index (χ0v) is 5.18. The van der Waals surface area contributed by atoms with Crippen LogP contribution in [0.25, 0.3) is 0 Å². The van der Waals surface area contributed by atoms with E-state index in [1.54, 1.807) is 0 Å². The normalized spacial score (nSPS) is 8.10. The van der Waals surface area contributed by atoms with Gasteiger partial charge in [0, 0.05) is 0 Å². The summed E-state index contributed by atoms with van der Waals surface area (Å²) in [6.07, 6.45) is -3.75. The third kappa shape index (κ3) is 61.1. The summed E-state index contributed by atoms with van der Waals surface area (Å²) >= 11 is 0. The molecule has 0 amide bonds. The van der Waals surface area contributed by atoms with Crippen molar-refractivity contribution in [3.05, 3.63) is 0 Å². The molecule has 0 fully saturated rings. The van der Waals surface area contributed by atoms with E-state index < -0.39 is 19.4 Å². The predicted molar refractivity (Wildman–Crippen MR) is 26.8 cm³/mol. The zero-order valence-electron chi connectivity index (χ0n) is 5.18. The Morgan fingerprint density at radius 1 is 1.70 bits per heavy atom. The van der Waals surface area contributed by atoms with Crippen LogP contribution in [-0.2, 0) is 4.74 Å². The second-order valence-electron chi connectivity index (χ2n) is 1.04. The lowest BCUT2D eigenvalue weighted by atomic mass is 10.9. The average molecular weight is 160 g/mol. The number of halogens is 3. The Morgan fingerprint density at radius 3 is 2.00 bits per heavy atom. The van der Waals surface area contributed by atoms with Crippen molar-refractivity contribution in [2.75, 3.05) is 6.86 Å². The van der Waals surface area contributed by atoms with Gasteiger partial charge >= 0.3 is 6.16 Å². The van der Waals surface area contributed by atoms with Gasteiger partial charge in [0.15, 0.2) is 0 Å². The first-order valence-electron chi connectivity index (χ1n) is 2.20. The van der Waals surface area contributed by atoms with Gasteiger partial charge in [-0.15, -0.1) is 0 Å². The molecule has 10 heavy (non-hydrogen) atoms. The molecular weight excluding hydrogens is 153 g/mol. The number of carbonyl (C=O) groups is 1. The molecule has 0 rings (SSSR count). The van der Waals surface area contributed by atoms with E-state index in [0.717, 1.165) is 6.92 Å². The molecule has 6 heteroatoms. The van der Waals surface area contributed by atoms with Gasteiger partial charge in [-0.25, -0.2) is 18.0 Å². The van der Waals surface area contributed by atoms with Crippen molar-refractivity contribution >= 4 is 6.16 Å². The van der Waals surface area contributed by atoms with Crippen molar-refractivity contribution in [2.45, 2.75) is 13.3 Å². The summed E-state index contributed by atoms with van der Waals surface area (Å²) in [6.45, 7) is -0.435. The fraction of sp³-hybridized carbons (Fsp3) is 0.750. The van der Waals surface area contributed by atoms with E-state index in [0.29, 0.717) is 0 Å². The first-order chi connectivity index (χ1) is 4.50. The second kappa shape index (κ2) is 8.06. The molecule has 0 radical (unpaired) electrons. The fourth-order valence-electron chi connectivity index (χ4n) is 0.0467. The minimum atomic E-state index is -2.17. The van der Waals surface area contributed by atoms with Crippen molar-refractivity contribution in [2.24, 2.45) is 0 Å².